The summed E-state index contributed by atoms with van der Waals surface area (Å²) < 4.78 is 18.3. The maximum absolute atomic E-state index is 13.1. The number of halogens is 1. The lowest BCUT2D eigenvalue weighted by atomic mass is 10.0. The van der Waals surface area contributed by atoms with E-state index in [2.05, 4.69) is 4.90 Å². The Morgan fingerprint density at radius 2 is 1.56 bits per heavy atom. The molecule has 0 radical (unpaired) electrons. The summed E-state index contributed by atoms with van der Waals surface area (Å²) in [4.78, 5) is 42.1. The Balaban J connectivity index is 1.33. The number of carbonyl (C=O) groups excluding carboxylic acids is 3. The van der Waals surface area contributed by atoms with Crippen LogP contribution in [0.4, 0.5) is 10.1 Å². The Labute approximate surface area is 188 Å². The van der Waals surface area contributed by atoms with Crippen molar-refractivity contribution in [2.24, 2.45) is 0 Å². The number of esters is 1. The van der Waals surface area contributed by atoms with E-state index in [1.54, 1.807) is 52.7 Å². The van der Waals surface area contributed by atoms with Gasteiger partial charge in [0.1, 0.15) is 5.82 Å². The van der Waals surface area contributed by atoms with E-state index in [4.69, 9.17) is 4.74 Å². The first-order valence-electron chi connectivity index (χ1n) is 10.2. The highest BCUT2D eigenvalue weighted by Gasteiger charge is 2.24. The zero-order valence-electron chi connectivity index (χ0n) is 17.2. The standard InChI is InChI=1S/C24H21FN2O4S/c25-17-7-9-18(10-8-17)26-11-13-27(14-12-26)22(28)16-31-24(30)20-5-2-1-4-19(20)23(29)21-6-3-15-32-21/h1-10,15H,11-14,16H2. The number of carbonyl (C=O) groups is 3. The number of amides is 1. The molecule has 164 valence electrons. The minimum Gasteiger partial charge on any atom is -0.452 e. The van der Waals surface area contributed by atoms with Gasteiger partial charge in [0.05, 0.1) is 10.4 Å². The van der Waals surface area contributed by atoms with Gasteiger partial charge in [0.2, 0.25) is 5.78 Å². The van der Waals surface area contributed by atoms with Crippen molar-refractivity contribution in [2.45, 2.75) is 0 Å². The van der Waals surface area contributed by atoms with E-state index in [0.717, 1.165) is 5.69 Å². The fourth-order valence-electron chi connectivity index (χ4n) is 3.56. The van der Waals surface area contributed by atoms with Crippen LogP contribution >= 0.6 is 11.3 Å². The summed E-state index contributed by atoms with van der Waals surface area (Å²) in [6, 6.07) is 16.2. The summed E-state index contributed by atoms with van der Waals surface area (Å²) in [6.45, 7) is 1.76. The van der Waals surface area contributed by atoms with E-state index in [-0.39, 0.29) is 28.6 Å². The highest BCUT2D eigenvalue weighted by molar-refractivity contribution is 7.12. The molecule has 2 aromatic carbocycles. The van der Waals surface area contributed by atoms with Crippen molar-refractivity contribution in [1.29, 1.82) is 0 Å². The van der Waals surface area contributed by atoms with Crippen LogP contribution in [-0.4, -0.2) is 55.3 Å². The Kier molecular flexibility index (Phi) is 6.61. The molecule has 6 nitrogen and oxygen atoms in total. The van der Waals surface area contributed by atoms with Gasteiger partial charge in [0, 0.05) is 37.4 Å². The van der Waals surface area contributed by atoms with Crippen molar-refractivity contribution in [1.82, 2.24) is 4.90 Å². The van der Waals surface area contributed by atoms with Crippen molar-refractivity contribution in [3.8, 4) is 0 Å². The topological polar surface area (TPSA) is 66.9 Å². The summed E-state index contributed by atoms with van der Waals surface area (Å²) >= 11 is 1.30. The van der Waals surface area contributed by atoms with Gasteiger partial charge in [-0.3, -0.25) is 9.59 Å². The monoisotopic (exact) mass is 452 g/mol. The summed E-state index contributed by atoms with van der Waals surface area (Å²) in [6.07, 6.45) is 0. The van der Waals surface area contributed by atoms with E-state index in [9.17, 15) is 18.8 Å². The highest BCUT2D eigenvalue weighted by atomic mass is 32.1. The molecule has 1 aliphatic rings. The van der Waals surface area contributed by atoms with Crippen LogP contribution in [0, 0.1) is 5.82 Å². The normalized spacial score (nSPS) is 13.7. The second kappa shape index (κ2) is 9.74. The molecule has 4 rings (SSSR count). The molecule has 3 aromatic rings. The molecule has 1 amide bonds. The predicted octanol–water partition coefficient (Wildman–Crippen LogP) is 3.62. The second-order valence-electron chi connectivity index (χ2n) is 7.27. The molecule has 8 heteroatoms. The number of hydrogen-bond donors (Lipinski definition) is 0. The van der Waals surface area contributed by atoms with Crippen molar-refractivity contribution >= 4 is 34.7 Å². The molecule has 0 N–H and O–H groups in total. The number of benzene rings is 2. The number of thiophene rings is 1. The molecule has 0 spiro atoms. The molecule has 0 aliphatic carbocycles. The number of nitrogens with zero attached hydrogens (tertiary/aromatic N) is 2. The lowest BCUT2D eigenvalue weighted by Gasteiger charge is -2.36. The molecule has 0 saturated carbocycles. The third-order valence-electron chi connectivity index (χ3n) is 5.29. The van der Waals surface area contributed by atoms with E-state index in [1.165, 1.54) is 29.5 Å². The van der Waals surface area contributed by atoms with Crippen LogP contribution in [0.2, 0.25) is 0 Å². The van der Waals surface area contributed by atoms with Crippen molar-refractivity contribution in [3.63, 3.8) is 0 Å². The SMILES string of the molecule is O=C(OCC(=O)N1CCN(c2ccc(F)cc2)CC1)c1ccccc1C(=O)c1cccs1. The molecule has 0 unspecified atom stereocenters. The van der Waals surface area contributed by atoms with Gasteiger partial charge in [-0.15, -0.1) is 11.3 Å². The molecular formula is C24H21FN2O4S. The van der Waals surface area contributed by atoms with Gasteiger partial charge in [-0.05, 0) is 41.8 Å². The number of ketones is 1. The zero-order valence-corrected chi connectivity index (χ0v) is 18.0. The first kappa shape index (κ1) is 21.7. The lowest BCUT2D eigenvalue weighted by Crippen LogP contribution is -2.49. The van der Waals surface area contributed by atoms with Crippen LogP contribution in [0.1, 0.15) is 25.6 Å². The van der Waals surface area contributed by atoms with Gasteiger partial charge < -0.3 is 14.5 Å². The Morgan fingerprint density at radius 3 is 2.22 bits per heavy atom. The quantitative estimate of drug-likeness (QED) is 0.422. The maximum atomic E-state index is 13.1. The van der Waals surface area contributed by atoms with Crippen LogP contribution in [0.5, 0.6) is 0 Å². The highest BCUT2D eigenvalue weighted by Crippen LogP contribution is 2.20. The third-order valence-corrected chi connectivity index (χ3v) is 6.16. The minimum atomic E-state index is -0.705. The lowest BCUT2D eigenvalue weighted by molar-refractivity contribution is -0.134. The van der Waals surface area contributed by atoms with E-state index in [1.807, 2.05) is 0 Å². The fourth-order valence-corrected chi connectivity index (χ4v) is 4.24. The van der Waals surface area contributed by atoms with Gasteiger partial charge in [-0.1, -0.05) is 24.3 Å². The first-order chi connectivity index (χ1) is 15.5. The van der Waals surface area contributed by atoms with Gasteiger partial charge >= 0.3 is 5.97 Å². The molecule has 1 aromatic heterocycles. The molecule has 0 atom stereocenters. The molecule has 1 fully saturated rings. The van der Waals surface area contributed by atoms with Crippen molar-refractivity contribution in [3.05, 3.63) is 87.9 Å². The van der Waals surface area contributed by atoms with Gasteiger partial charge in [-0.2, -0.15) is 0 Å². The van der Waals surface area contributed by atoms with Gasteiger partial charge in [0.15, 0.2) is 6.61 Å². The smallest absolute Gasteiger partial charge is 0.339 e. The van der Waals surface area contributed by atoms with Crippen LogP contribution in [-0.2, 0) is 9.53 Å². The van der Waals surface area contributed by atoms with E-state index < -0.39 is 12.6 Å². The Bertz CT molecular complexity index is 1110. The molecule has 0 bridgehead atoms. The first-order valence-corrected chi connectivity index (χ1v) is 11.0. The molecule has 32 heavy (non-hydrogen) atoms. The Hall–Kier alpha value is -3.52. The minimum absolute atomic E-state index is 0.139. The number of rotatable bonds is 6. The number of ether oxygens (including phenoxy) is 1. The predicted molar refractivity (Wildman–Crippen MR) is 120 cm³/mol. The third kappa shape index (κ3) is 4.86. The van der Waals surface area contributed by atoms with Crippen LogP contribution in [0.15, 0.2) is 66.0 Å². The molecule has 2 heterocycles. The average Bonchev–Trinajstić information content (AvgIpc) is 3.37. The van der Waals surface area contributed by atoms with Crippen LogP contribution in [0.3, 0.4) is 0 Å². The molecular weight excluding hydrogens is 431 g/mol. The van der Waals surface area contributed by atoms with E-state index >= 15 is 0 Å². The number of piperazine rings is 1. The summed E-state index contributed by atoms with van der Waals surface area (Å²) in [5.41, 5.74) is 1.29. The van der Waals surface area contributed by atoms with E-state index in [0.29, 0.717) is 31.1 Å². The average molecular weight is 453 g/mol. The fraction of sp³-hybridized carbons (Fsp3) is 0.208. The zero-order chi connectivity index (χ0) is 22.5. The summed E-state index contributed by atoms with van der Waals surface area (Å²) in [7, 11) is 0. The second-order valence-corrected chi connectivity index (χ2v) is 8.22. The van der Waals surface area contributed by atoms with Crippen LogP contribution in [0.25, 0.3) is 0 Å². The largest absolute Gasteiger partial charge is 0.452 e. The van der Waals surface area contributed by atoms with Crippen molar-refractivity contribution < 1.29 is 23.5 Å². The Morgan fingerprint density at radius 1 is 0.875 bits per heavy atom. The summed E-state index contributed by atoms with van der Waals surface area (Å²) in [5, 5.41) is 1.79. The summed E-state index contributed by atoms with van der Waals surface area (Å²) in [5.74, 6) is -1.54. The van der Waals surface area contributed by atoms with Gasteiger partial charge in [-0.25, -0.2) is 9.18 Å². The van der Waals surface area contributed by atoms with Crippen molar-refractivity contribution in [2.75, 3.05) is 37.7 Å². The number of hydrogen-bond acceptors (Lipinski definition) is 6. The molecule has 1 saturated heterocycles. The molecule has 1 aliphatic heterocycles. The van der Waals surface area contributed by atoms with Gasteiger partial charge in [0.25, 0.3) is 5.91 Å². The number of anilines is 1. The van der Waals surface area contributed by atoms with Crippen LogP contribution < -0.4 is 4.90 Å². The maximum Gasteiger partial charge on any atom is 0.339 e.